The molecule has 1 saturated carbocycles. The summed E-state index contributed by atoms with van der Waals surface area (Å²) in [5, 5.41) is 9.62. The highest BCUT2D eigenvalue weighted by Gasteiger charge is 2.44. The van der Waals surface area contributed by atoms with Crippen molar-refractivity contribution in [3.05, 3.63) is 29.8 Å². The summed E-state index contributed by atoms with van der Waals surface area (Å²) in [5.74, 6) is 0.748. The maximum absolute atomic E-state index is 11.7. The maximum atomic E-state index is 11.7. The van der Waals surface area contributed by atoms with Gasteiger partial charge in [-0.1, -0.05) is 25.0 Å². The smallest absolute Gasteiger partial charge is 0.320 e. The van der Waals surface area contributed by atoms with Crippen LogP contribution in [0.1, 0.15) is 51.5 Å². The Morgan fingerprint density at radius 3 is 2.87 bits per heavy atom. The second-order valence-electron chi connectivity index (χ2n) is 7.19. The van der Waals surface area contributed by atoms with Crippen LogP contribution in [0.3, 0.4) is 0 Å². The molecule has 1 heterocycles. The predicted molar refractivity (Wildman–Crippen MR) is 89.5 cm³/mol. The van der Waals surface area contributed by atoms with E-state index >= 15 is 0 Å². The molecule has 1 aromatic carbocycles. The standard InChI is InChI=1S/C19H27NO3/c1-13(2)23-16-8-5-6-14(10-16)12-20-17-9-4-3-7-15(17)11-18(20)19(21)22/h5-6,8,10,13,15,17-18H,3-4,7,9,11-12H2,1-2H3,(H,21,22)/t15-,17-,18+/m1/s1. The highest BCUT2D eigenvalue weighted by molar-refractivity contribution is 5.74. The Morgan fingerprint density at radius 1 is 1.35 bits per heavy atom. The van der Waals surface area contributed by atoms with E-state index in [2.05, 4.69) is 17.0 Å². The van der Waals surface area contributed by atoms with Gasteiger partial charge >= 0.3 is 5.97 Å². The SMILES string of the molecule is CC(C)Oc1cccc(CN2[C@@H]3CCCC[C@@H]3C[C@H]2C(=O)O)c1. The fourth-order valence-electron chi connectivity index (χ4n) is 4.22. The van der Waals surface area contributed by atoms with Crippen LogP contribution < -0.4 is 4.74 Å². The zero-order chi connectivity index (χ0) is 16.4. The fraction of sp³-hybridized carbons (Fsp3) is 0.632. The Balaban J connectivity index is 1.77. The number of likely N-dealkylation sites (tertiary alicyclic amines) is 1. The molecule has 2 fully saturated rings. The van der Waals surface area contributed by atoms with E-state index in [1.54, 1.807) is 0 Å². The topological polar surface area (TPSA) is 49.8 Å². The van der Waals surface area contributed by atoms with Crippen LogP contribution >= 0.6 is 0 Å². The molecule has 3 rings (SSSR count). The highest BCUT2D eigenvalue weighted by Crippen LogP contribution is 2.40. The summed E-state index contributed by atoms with van der Waals surface area (Å²) in [5.41, 5.74) is 1.14. The van der Waals surface area contributed by atoms with Crippen LogP contribution in [0.4, 0.5) is 0 Å². The Kier molecular flexibility index (Phi) is 4.90. The normalized spacial score (nSPS) is 27.9. The summed E-state index contributed by atoms with van der Waals surface area (Å²) in [6.07, 6.45) is 5.74. The first-order valence-electron chi connectivity index (χ1n) is 8.78. The Labute approximate surface area is 138 Å². The van der Waals surface area contributed by atoms with Gasteiger partial charge in [0.15, 0.2) is 0 Å². The number of carboxylic acid groups (broad SMARTS) is 1. The number of hydrogen-bond donors (Lipinski definition) is 1. The molecule has 23 heavy (non-hydrogen) atoms. The van der Waals surface area contributed by atoms with Gasteiger partial charge in [0.05, 0.1) is 6.10 Å². The zero-order valence-electron chi connectivity index (χ0n) is 14.1. The quantitative estimate of drug-likeness (QED) is 0.900. The zero-order valence-corrected chi connectivity index (χ0v) is 14.1. The molecule has 1 N–H and O–H groups in total. The summed E-state index contributed by atoms with van der Waals surface area (Å²) >= 11 is 0. The van der Waals surface area contributed by atoms with Crippen LogP contribution in [-0.4, -0.2) is 34.2 Å². The van der Waals surface area contributed by atoms with E-state index in [-0.39, 0.29) is 12.1 Å². The molecule has 0 aromatic heterocycles. The van der Waals surface area contributed by atoms with Crippen molar-refractivity contribution in [3.8, 4) is 5.75 Å². The minimum absolute atomic E-state index is 0.145. The molecule has 3 atom stereocenters. The van der Waals surface area contributed by atoms with Crippen molar-refractivity contribution in [3.63, 3.8) is 0 Å². The predicted octanol–water partition coefficient (Wildman–Crippen LogP) is 3.69. The number of hydrogen-bond acceptors (Lipinski definition) is 3. The van der Waals surface area contributed by atoms with Gasteiger partial charge in [0.2, 0.25) is 0 Å². The van der Waals surface area contributed by atoms with Gasteiger partial charge in [0, 0.05) is 12.6 Å². The Morgan fingerprint density at radius 2 is 2.13 bits per heavy atom. The fourth-order valence-corrected chi connectivity index (χ4v) is 4.22. The van der Waals surface area contributed by atoms with Gasteiger partial charge in [-0.2, -0.15) is 0 Å². The van der Waals surface area contributed by atoms with Crippen LogP contribution in [0.15, 0.2) is 24.3 Å². The summed E-state index contributed by atoms with van der Waals surface area (Å²) in [4.78, 5) is 13.9. The van der Waals surface area contributed by atoms with Crippen molar-refractivity contribution in [1.82, 2.24) is 4.90 Å². The van der Waals surface area contributed by atoms with Crippen molar-refractivity contribution >= 4 is 5.97 Å². The van der Waals surface area contributed by atoms with Gasteiger partial charge in [0.1, 0.15) is 11.8 Å². The lowest BCUT2D eigenvalue weighted by atomic mass is 9.84. The van der Waals surface area contributed by atoms with E-state index in [0.717, 1.165) is 24.2 Å². The monoisotopic (exact) mass is 317 g/mol. The minimum Gasteiger partial charge on any atom is -0.491 e. The maximum Gasteiger partial charge on any atom is 0.320 e. The van der Waals surface area contributed by atoms with E-state index in [4.69, 9.17) is 4.74 Å². The molecule has 4 heteroatoms. The average Bonchev–Trinajstić information content (AvgIpc) is 2.86. The highest BCUT2D eigenvalue weighted by atomic mass is 16.5. The molecule has 1 aromatic rings. The molecule has 2 aliphatic rings. The van der Waals surface area contributed by atoms with Gasteiger partial charge in [-0.05, 0) is 56.7 Å². The van der Waals surface area contributed by atoms with Crippen LogP contribution in [0.2, 0.25) is 0 Å². The summed E-state index contributed by atoms with van der Waals surface area (Å²) in [6.45, 7) is 4.73. The van der Waals surface area contributed by atoms with Crippen molar-refractivity contribution in [2.45, 2.75) is 70.7 Å². The number of benzene rings is 1. The first kappa shape index (κ1) is 16.3. The molecule has 1 aliphatic heterocycles. The minimum atomic E-state index is -0.672. The van der Waals surface area contributed by atoms with E-state index in [0.29, 0.717) is 18.5 Å². The second-order valence-corrected chi connectivity index (χ2v) is 7.19. The molecule has 0 amide bonds. The first-order valence-corrected chi connectivity index (χ1v) is 8.78. The number of fused-ring (bicyclic) bond motifs is 1. The molecule has 1 saturated heterocycles. The van der Waals surface area contributed by atoms with Crippen molar-refractivity contribution < 1.29 is 14.6 Å². The number of carbonyl (C=O) groups is 1. The van der Waals surface area contributed by atoms with Gasteiger partial charge in [-0.15, -0.1) is 0 Å². The molecular weight excluding hydrogens is 290 g/mol. The van der Waals surface area contributed by atoms with Crippen LogP contribution in [-0.2, 0) is 11.3 Å². The van der Waals surface area contributed by atoms with Crippen molar-refractivity contribution in [2.24, 2.45) is 5.92 Å². The molecule has 126 valence electrons. The van der Waals surface area contributed by atoms with Crippen LogP contribution in [0, 0.1) is 5.92 Å². The first-order chi connectivity index (χ1) is 11.0. The van der Waals surface area contributed by atoms with E-state index < -0.39 is 5.97 Å². The lowest BCUT2D eigenvalue weighted by molar-refractivity contribution is -0.142. The molecule has 0 spiro atoms. The second kappa shape index (κ2) is 6.91. The summed E-state index contributed by atoms with van der Waals surface area (Å²) in [7, 11) is 0. The molecule has 0 radical (unpaired) electrons. The Bertz CT molecular complexity index is 557. The number of carboxylic acids is 1. The lowest BCUT2D eigenvalue weighted by Gasteiger charge is -2.33. The van der Waals surface area contributed by atoms with Gasteiger partial charge in [-0.3, -0.25) is 9.69 Å². The van der Waals surface area contributed by atoms with Crippen LogP contribution in [0.25, 0.3) is 0 Å². The van der Waals surface area contributed by atoms with E-state index in [1.807, 2.05) is 26.0 Å². The molecule has 4 nitrogen and oxygen atoms in total. The number of ether oxygens (including phenoxy) is 1. The van der Waals surface area contributed by atoms with Gasteiger partial charge in [0.25, 0.3) is 0 Å². The number of rotatable bonds is 5. The summed E-state index contributed by atoms with van der Waals surface area (Å²) < 4.78 is 5.77. The summed E-state index contributed by atoms with van der Waals surface area (Å²) in [6, 6.07) is 8.18. The van der Waals surface area contributed by atoms with Crippen LogP contribution in [0.5, 0.6) is 5.75 Å². The van der Waals surface area contributed by atoms with Gasteiger partial charge < -0.3 is 9.84 Å². The average molecular weight is 317 g/mol. The Hall–Kier alpha value is -1.55. The third-order valence-electron chi connectivity index (χ3n) is 5.14. The number of aliphatic carboxylic acids is 1. The number of nitrogens with zero attached hydrogens (tertiary/aromatic N) is 1. The van der Waals surface area contributed by atoms with Gasteiger partial charge in [-0.25, -0.2) is 0 Å². The molecule has 1 aliphatic carbocycles. The largest absolute Gasteiger partial charge is 0.491 e. The van der Waals surface area contributed by atoms with E-state index in [1.165, 1.54) is 19.3 Å². The molecular formula is C19H27NO3. The molecule has 0 unspecified atom stereocenters. The third-order valence-corrected chi connectivity index (χ3v) is 5.14. The lowest BCUT2D eigenvalue weighted by Crippen LogP contribution is -2.41. The van der Waals surface area contributed by atoms with Crippen molar-refractivity contribution in [2.75, 3.05) is 0 Å². The van der Waals surface area contributed by atoms with Crippen molar-refractivity contribution in [1.29, 1.82) is 0 Å². The third kappa shape index (κ3) is 3.69. The van der Waals surface area contributed by atoms with E-state index in [9.17, 15) is 9.90 Å². The molecule has 0 bridgehead atoms.